The summed E-state index contributed by atoms with van der Waals surface area (Å²) in [5.41, 5.74) is 16.6. The Hall–Kier alpha value is -6.50. The maximum absolute atomic E-state index is 4.16. The molecule has 0 nitrogen and oxygen atoms in total. The highest BCUT2D eigenvalue weighted by Gasteiger charge is 2.11. The van der Waals surface area contributed by atoms with Crippen molar-refractivity contribution >= 4 is 32.7 Å². The Balaban J connectivity index is 0.000000187. The minimum Gasteiger partial charge on any atom is -0.0955 e. The maximum Gasteiger partial charge on any atom is -0.0100 e. The Labute approximate surface area is 362 Å². The minimum atomic E-state index is 1.10. The molecule has 0 saturated carbocycles. The third-order valence-electron chi connectivity index (χ3n) is 10.5. The fourth-order valence-electron chi connectivity index (χ4n) is 7.14. The molecule has 0 atom stereocenters. The molecule has 8 rings (SSSR count). The molecule has 60 heavy (non-hydrogen) atoms. The number of aryl methyl sites for hydroxylation is 5. The second-order valence-corrected chi connectivity index (χ2v) is 14.8. The predicted molar refractivity (Wildman–Crippen MR) is 270 cm³/mol. The molecule has 0 aromatic heterocycles. The quantitative estimate of drug-likeness (QED) is 0.120. The van der Waals surface area contributed by atoms with Crippen molar-refractivity contribution in [2.24, 2.45) is 0 Å². The van der Waals surface area contributed by atoms with E-state index in [0.29, 0.717) is 0 Å². The van der Waals surface area contributed by atoms with Crippen LogP contribution >= 0.6 is 0 Å². The van der Waals surface area contributed by atoms with E-state index in [1.165, 1.54) is 88.3 Å². The summed E-state index contributed by atoms with van der Waals surface area (Å²) in [4.78, 5) is 0. The van der Waals surface area contributed by atoms with E-state index in [4.69, 9.17) is 0 Å². The molecule has 8 aromatic carbocycles. The van der Waals surface area contributed by atoms with Crippen molar-refractivity contribution in [3.05, 3.63) is 240 Å². The average molecular weight is 785 g/mol. The van der Waals surface area contributed by atoms with Gasteiger partial charge in [0.15, 0.2) is 0 Å². The molecule has 0 spiro atoms. The standard InChI is InChI=1S/C23H22.C16H14.C12H14.C7H8.C2H6/c1-16(2)21-14-13-20(19-11-9-17(3)10-12-19)15-23(21)22-8-6-5-7-18(22)4;1-11-12(2)14-8-4-6-10-16(14)15-9-5-3-7-13(11)15;1-3-8-11(4-2)12-9-6-5-7-10-12;1-7-5-3-2-4-6-7;1-2/h5-15H,1H2,2-4H3;3-10H,1-2H3;3-10H,1-2H3;2-6H,1H3;1-2H3/b;;8-3-,11-4+;;. The summed E-state index contributed by atoms with van der Waals surface area (Å²) in [7, 11) is 0. The SMILES string of the molecule is C/C=C\C(=C/C)c1ccccc1.C=C(C)c1ccc(-c2ccc(C)cc2)cc1-c1ccccc1C.CC.Cc1c(C)c2ccccc2c2ccccc12.Cc1ccccc1. The van der Waals surface area contributed by atoms with Crippen molar-refractivity contribution in [2.75, 3.05) is 0 Å². The zero-order valence-electron chi connectivity index (χ0n) is 37.7. The third-order valence-corrected chi connectivity index (χ3v) is 10.5. The van der Waals surface area contributed by atoms with Crippen LogP contribution in [0.2, 0.25) is 0 Å². The van der Waals surface area contributed by atoms with Crippen LogP contribution in [0.5, 0.6) is 0 Å². The highest BCUT2D eigenvalue weighted by molar-refractivity contribution is 6.10. The van der Waals surface area contributed by atoms with Crippen LogP contribution < -0.4 is 0 Å². The molecule has 0 N–H and O–H groups in total. The van der Waals surface area contributed by atoms with E-state index >= 15 is 0 Å². The average Bonchev–Trinajstić information content (AvgIpc) is 3.29. The van der Waals surface area contributed by atoms with Crippen LogP contribution in [0.4, 0.5) is 0 Å². The molecular weight excluding hydrogens is 721 g/mol. The maximum atomic E-state index is 4.16. The summed E-state index contributed by atoms with van der Waals surface area (Å²) < 4.78 is 0. The molecule has 0 heterocycles. The molecule has 0 heteroatoms. The molecule has 0 fully saturated rings. The lowest BCUT2D eigenvalue weighted by molar-refractivity contribution is 1.41. The van der Waals surface area contributed by atoms with Crippen molar-refractivity contribution in [1.82, 2.24) is 0 Å². The summed E-state index contributed by atoms with van der Waals surface area (Å²) in [5, 5.41) is 5.47. The van der Waals surface area contributed by atoms with Crippen LogP contribution in [0, 0.1) is 34.6 Å². The third kappa shape index (κ3) is 12.5. The molecule has 0 radical (unpaired) electrons. The monoisotopic (exact) mass is 785 g/mol. The van der Waals surface area contributed by atoms with Crippen LogP contribution in [0.3, 0.4) is 0 Å². The van der Waals surface area contributed by atoms with Gasteiger partial charge in [-0.25, -0.2) is 0 Å². The van der Waals surface area contributed by atoms with E-state index in [2.05, 4.69) is 225 Å². The van der Waals surface area contributed by atoms with E-state index in [9.17, 15) is 0 Å². The number of allylic oxidation sites excluding steroid dienone is 5. The van der Waals surface area contributed by atoms with Gasteiger partial charge < -0.3 is 0 Å². The summed E-state index contributed by atoms with van der Waals surface area (Å²) >= 11 is 0. The molecule has 0 aliphatic heterocycles. The topological polar surface area (TPSA) is 0 Å². The van der Waals surface area contributed by atoms with Crippen molar-refractivity contribution in [3.63, 3.8) is 0 Å². The Morgan fingerprint density at radius 2 is 0.900 bits per heavy atom. The molecule has 0 saturated heterocycles. The van der Waals surface area contributed by atoms with Gasteiger partial charge in [-0.1, -0.05) is 225 Å². The van der Waals surface area contributed by atoms with Crippen molar-refractivity contribution in [1.29, 1.82) is 0 Å². The molecule has 304 valence electrons. The fraction of sp³-hybridized carbons (Fsp3) is 0.167. The first kappa shape index (κ1) is 46.2. The lowest BCUT2D eigenvalue weighted by Gasteiger charge is -2.14. The van der Waals surface area contributed by atoms with Gasteiger partial charge in [0.2, 0.25) is 0 Å². The van der Waals surface area contributed by atoms with Gasteiger partial charge in [-0.05, 0) is 139 Å². The van der Waals surface area contributed by atoms with Gasteiger partial charge in [-0.2, -0.15) is 0 Å². The van der Waals surface area contributed by atoms with E-state index < -0.39 is 0 Å². The molecule has 0 aliphatic rings. The van der Waals surface area contributed by atoms with Crippen molar-refractivity contribution in [3.8, 4) is 22.3 Å². The van der Waals surface area contributed by atoms with Crippen LogP contribution in [0.15, 0.2) is 201 Å². The Bertz CT molecular complexity index is 2560. The van der Waals surface area contributed by atoms with Crippen molar-refractivity contribution < 1.29 is 0 Å². The van der Waals surface area contributed by atoms with Crippen molar-refractivity contribution in [2.45, 2.75) is 69.2 Å². The van der Waals surface area contributed by atoms with Crippen LogP contribution in [-0.4, -0.2) is 0 Å². The number of benzene rings is 8. The second-order valence-electron chi connectivity index (χ2n) is 14.8. The molecule has 0 aliphatic carbocycles. The highest BCUT2D eigenvalue weighted by Crippen LogP contribution is 2.35. The lowest BCUT2D eigenvalue weighted by atomic mass is 9.90. The number of hydrogen-bond donors (Lipinski definition) is 0. The zero-order valence-corrected chi connectivity index (χ0v) is 37.7. The van der Waals surface area contributed by atoms with Crippen LogP contribution in [0.25, 0.3) is 54.9 Å². The van der Waals surface area contributed by atoms with E-state index in [1.807, 2.05) is 45.0 Å². The number of fused-ring (bicyclic) bond motifs is 3. The Morgan fingerprint density at radius 3 is 1.37 bits per heavy atom. The summed E-state index contributed by atoms with van der Waals surface area (Å²) in [6, 6.07) is 61.9. The summed E-state index contributed by atoms with van der Waals surface area (Å²) in [6.07, 6.45) is 6.30. The fourth-order valence-corrected chi connectivity index (χ4v) is 7.14. The van der Waals surface area contributed by atoms with Crippen LogP contribution in [0.1, 0.15) is 73.6 Å². The predicted octanol–water partition coefficient (Wildman–Crippen LogP) is 18.0. The van der Waals surface area contributed by atoms with Gasteiger partial charge >= 0.3 is 0 Å². The first-order chi connectivity index (χ1) is 29.1. The first-order valence-corrected chi connectivity index (χ1v) is 21.3. The zero-order chi connectivity index (χ0) is 43.4. The molecule has 0 bridgehead atoms. The number of hydrogen-bond acceptors (Lipinski definition) is 0. The smallest absolute Gasteiger partial charge is 0.0100 e. The van der Waals surface area contributed by atoms with Gasteiger partial charge in [-0.3, -0.25) is 0 Å². The minimum absolute atomic E-state index is 1.10. The van der Waals surface area contributed by atoms with Gasteiger partial charge in [0.1, 0.15) is 0 Å². The lowest BCUT2D eigenvalue weighted by Crippen LogP contribution is -1.91. The van der Waals surface area contributed by atoms with Gasteiger partial charge in [0.25, 0.3) is 0 Å². The van der Waals surface area contributed by atoms with E-state index in [-0.39, 0.29) is 0 Å². The summed E-state index contributed by atoms with van der Waals surface area (Å²) in [5.74, 6) is 0. The van der Waals surface area contributed by atoms with E-state index in [1.54, 1.807) is 0 Å². The molecule has 0 amide bonds. The highest BCUT2D eigenvalue weighted by atomic mass is 14.1. The van der Waals surface area contributed by atoms with Gasteiger partial charge in [-0.15, -0.1) is 0 Å². The molecule has 8 aromatic rings. The van der Waals surface area contributed by atoms with Gasteiger partial charge in [0.05, 0.1) is 0 Å². The molecular formula is C60H64. The largest absolute Gasteiger partial charge is 0.0955 e. The van der Waals surface area contributed by atoms with Gasteiger partial charge in [0, 0.05) is 0 Å². The molecule has 0 unspecified atom stereocenters. The summed E-state index contributed by atoms with van der Waals surface area (Å²) in [6.45, 7) is 25.1. The van der Waals surface area contributed by atoms with E-state index in [0.717, 1.165) is 5.57 Å². The van der Waals surface area contributed by atoms with Crippen LogP contribution in [-0.2, 0) is 0 Å². The second kappa shape index (κ2) is 23.8. The number of rotatable bonds is 5. The Kier molecular flexibility index (Phi) is 18.3. The normalized spacial score (nSPS) is 10.6. The Morgan fingerprint density at radius 1 is 0.450 bits per heavy atom. The first-order valence-electron chi connectivity index (χ1n) is 21.3.